The summed E-state index contributed by atoms with van der Waals surface area (Å²) in [5.41, 5.74) is 14.9. The Morgan fingerprint density at radius 1 is 0.258 bits per heavy atom. The summed E-state index contributed by atoms with van der Waals surface area (Å²) in [6.07, 6.45) is 0. The summed E-state index contributed by atoms with van der Waals surface area (Å²) >= 11 is 0. The molecule has 306 valence electrons. The quantitative estimate of drug-likeness (QED) is 0.158. The van der Waals surface area contributed by atoms with Crippen molar-refractivity contribution >= 4 is 86.8 Å². The molecule has 14 rings (SSSR count). The van der Waals surface area contributed by atoms with Crippen molar-refractivity contribution in [2.75, 3.05) is 0 Å². The van der Waals surface area contributed by atoms with E-state index in [4.69, 9.17) is 4.42 Å². The molecule has 12 aromatic carbocycles. The van der Waals surface area contributed by atoms with Crippen molar-refractivity contribution in [1.82, 2.24) is 4.57 Å². The Labute approximate surface area is 380 Å². The molecule has 0 bridgehead atoms. The molecule has 0 aliphatic carbocycles. The normalized spacial score (nSPS) is 11.9. The minimum atomic E-state index is 0.878. The van der Waals surface area contributed by atoms with Crippen LogP contribution in [-0.2, 0) is 0 Å². The van der Waals surface area contributed by atoms with Crippen molar-refractivity contribution < 1.29 is 4.42 Å². The van der Waals surface area contributed by atoms with Crippen molar-refractivity contribution in [2.24, 2.45) is 0 Å². The minimum Gasteiger partial charge on any atom is -0.455 e. The molecule has 0 radical (unpaired) electrons. The highest BCUT2D eigenvalue weighted by Gasteiger charge is 2.23. The van der Waals surface area contributed by atoms with E-state index in [1.165, 1.54) is 98.3 Å². The van der Waals surface area contributed by atoms with E-state index in [1.807, 2.05) is 0 Å². The summed E-state index contributed by atoms with van der Waals surface area (Å²) in [6.45, 7) is 0. The molecule has 0 unspecified atom stereocenters. The van der Waals surface area contributed by atoms with Gasteiger partial charge in [0.1, 0.15) is 11.2 Å². The third kappa shape index (κ3) is 5.36. The maximum atomic E-state index is 7.16. The minimum absolute atomic E-state index is 0.878. The van der Waals surface area contributed by atoms with E-state index in [1.54, 1.807) is 0 Å². The van der Waals surface area contributed by atoms with Crippen LogP contribution in [0.3, 0.4) is 0 Å². The summed E-state index contributed by atoms with van der Waals surface area (Å²) in [5, 5.41) is 14.5. The Morgan fingerprint density at radius 2 is 0.697 bits per heavy atom. The third-order valence-electron chi connectivity index (χ3n) is 14.0. The van der Waals surface area contributed by atoms with Gasteiger partial charge in [0.2, 0.25) is 0 Å². The lowest BCUT2D eigenvalue weighted by atomic mass is 9.85. The smallest absolute Gasteiger partial charge is 0.143 e. The van der Waals surface area contributed by atoms with Gasteiger partial charge < -0.3 is 8.98 Å². The van der Waals surface area contributed by atoms with Gasteiger partial charge in [-0.25, -0.2) is 0 Å². The van der Waals surface area contributed by atoms with Gasteiger partial charge in [-0.1, -0.05) is 194 Å². The molecule has 0 amide bonds. The van der Waals surface area contributed by atoms with Gasteiger partial charge in [-0.2, -0.15) is 0 Å². The van der Waals surface area contributed by atoms with Crippen LogP contribution in [0.5, 0.6) is 0 Å². The first-order valence-corrected chi connectivity index (χ1v) is 22.8. The van der Waals surface area contributed by atoms with E-state index in [0.29, 0.717) is 0 Å². The molecule has 2 heterocycles. The molecular weight excluding hydrogens is 799 g/mol. The lowest BCUT2D eigenvalue weighted by Gasteiger charge is -2.18. The first-order valence-electron chi connectivity index (χ1n) is 22.8. The van der Waals surface area contributed by atoms with Crippen molar-refractivity contribution in [3.63, 3.8) is 0 Å². The van der Waals surface area contributed by atoms with Gasteiger partial charge in [0, 0.05) is 38.4 Å². The van der Waals surface area contributed by atoms with Crippen LogP contribution in [0.4, 0.5) is 0 Å². The van der Waals surface area contributed by atoms with Crippen molar-refractivity contribution in [3.8, 4) is 50.2 Å². The van der Waals surface area contributed by atoms with Crippen LogP contribution >= 0.6 is 0 Å². The molecule has 2 nitrogen and oxygen atoms in total. The second kappa shape index (κ2) is 14.4. The zero-order valence-corrected chi connectivity index (χ0v) is 35.9. The van der Waals surface area contributed by atoms with E-state index in [2.05, 4.69) is 241 Å². The number of para-hydroxylation sites is 3. The van der Waals surface area contributed by atoms with Crippen LogP contribution < -0.4 is 0 Å². The molecule has 0 fully saturated rings. The van der Waals surface area contributed by atoms with Crippen LogP contribution in [0.2, 0.25) is 0 Å². The first kappa shape index (κ1) is 36.7. The highest BCUT2D eigenvalue weighted by molar-refractivity contribution is 6.26. The van der Waals surface area contributed by atoms with Crippen LogP contribution in [0.25, 0.3) is 137 Å². The van der Waals surface area contributed by atoms with E-state index >= 15 is 0 Å². The summed E-state index contributed by atoms with van der Waals surface area (Å²) < 4.78 is 9.54. The summed E-state index contributed by atoms with van der Waals surface area (Å²) in [6, 6.07) is 86.3. The summed E-state index contributed by atoms with van der Waals surface area (Å²) in [4.78, 5) is 0. The Morgan fingerprint density at radius 3 is 1.29 bits per heavy atom. The van der Waals surface area contributed by atoms with Gasteiger partial charge in [0.05, 0.1) is 11.0 Å². The molecule has 0 N–H and O–H groups in total. The predicted octanol–water partition coefficient (Wildman–Crippen LogP) is 18.0. The number of hydrogen-bond acceptors (Lipinski definition) is 1. The Bertz CT molecular complexity index is 4160. The first-order chi connectivity index (χ1) is 32.8. The number of aromatic nitrogens is 1. The Balaban J connectivity index is 0.981. The summed E-state index contributed by atoms with van der Waals surface area (Å²) in [7, 11) is 0. The second-order valence-corrected chi connectivity index (χ2v) is 17.5. The second-order valence-electron chi connectivity index (χ2n) is 17.5. The fourth-order valence-electron chi connectivity index (χ4n) is 11.2. The Kier molecular flexibility index (Phi) is 8.02. The molecular formula is C64H39NO. The fraction of sp³-hybridized carbons (Fsp3) is 0. The molecule has 14 aromatic rings. The molecule has 0 spiro atoms. The maximum absolute atomic E-state index is 7.16. The molecule has 0 saturated heterocycles. The average molecular weight is 838 g/mol. The zero-order valence-electron chi connectivity index (χ0n) is 35.9. The van der Waals surface area contributed by atoms with Gasteiger partial charge in [-0.15, -0.1) is 0 Å². The van der Waals surface area contributed by atoms with E-state index in [9.17, 15) is 0 Å². The molecule has 0 aliphatic rings. The largest absolute Gasteiger partial charge is 0.455 e. The SMILES string of the molecule is c1ccc(-c2c3ccccc3c(-c3ccc4c(c3)oc3c(-c5c6ccccc6c(-c6ccc7c(c6)c6ccccc6n7-c6ccccc6)c6ccccc56)cccc34)c3ccccc23)cc1. The maximum Gasteiger partial charge on any atom is 0.143 e. The van der Waals surface area contributed by atoms with Gasteiger partial charge in [-0.05, 0) is 119 Å². The van der Waals surface area contributed by atoms with Crippen molar-refractivity contribution in [2.45, 2.75) is 0 Å². The van der Waals surface area contributed by atoms with Gasteiger partial charge in [-0.3, -0.25) is 0 Å². The number of hydrogen-bond donors (Lipinski definition) is 0. The highest BCUT2D eigenvalue weighted by atomic mass is 16.3. The van der Waals surface area contributed by atoms with E-state index in [0.717, 1.165) is 38.8 Å². The third-order valence-corrected chi connectivity index (χ3v) is 14.0. The molecule has 0 aliphatic heterocycles. The van der Waals surface area contributed by atoms with E-state index < -0.39 is 0 Å². The van der Waals surface area contributed by atoms with Crippen LogP contribution in [0.15, 0.2) is 241 Å². The Hall–Kier alpha value is -8.72. The zero-order chi connectivity index (χ0) is 43.3. The van der Waals surface area contributed by atoms with Crippen molar-refractivity contribution in [1.29, 1.82) is 0 Å². The van der Waals surface area contributed by atoms with Gasteiger partial charge >= 0.3 is 0 Å². The highest BCUT2D eigenvalue weighted by Crippen LogP contribution is 2.49. The molecule has 2 heteroatoms. The number of furan rings is 1. The van der Waals surface area contributed by atoms with Crippen LogP contribution in [0, 0.1) is 0 Å². The average Bonchev–Trinajstić information content (AvgIpc) is 3.93. The lowest BCUT2D eigenvalue weighted by molar-refractivity contribution is 0.670. The molecule has 0 saturated carbocycles. The fourth-order valence-corrected chi connectivity index (χ4v) is 11.2. The monoisotopic (exact) mass is 837 g/mol. The van der Waals surface area contributed by atoms with Crippen LogP contribution in [0.1, 0.15) is 0 Å². The molecule has 0 atom stereocenters. The number of fused-ring (bicyclic) bond motifs is 10. The number of benzene rings is 12. The van der Waals surface area contributed by atoms with Gasteiger partial charge in [0.25, 0.3) is 0 Å². The standard InChI is InChI=1S/C64H39NO/c1-3-18-40(19-4-1)60-46-23-7-9-25-48(46)62(49-26-10-8-24-47(49)60)42-34-36-45-54-31-17-32-55(64(54)66-59(45)39-42)63-52-29-13-11-27-50(52)61(51-28-12-14-30-53(51)63)41-35-37-58-56(38-41)44-22-15-16-33-57(44)65(58)43-20-5-2-6-21-43/h1-39H. The topological polar surface area (TPSA) is 18.1 Å². The number of rotatable bonds is 5. The predicted molar refractivity (Wildman–Crippen MR) is 280 cm³/mol. The van der Waals surface area contributed by atoms with Crippen molar-refractivity contribution in [3.05, 3.63) is 237 Å². The van der Waals surface area contributed by atoms with E-state index in [-0.39, 0.29) is 0 Å². The molecule has 66 heavy (non-hydrogen) atoms. The van der Waals surface area contributed by atoms with Crippen LogP contribution in [-0.4, -0.2) is 4.57 Å². The molecule has 2 aromatic heterocycles. The number of nitrogens with zero attached hydrogens (tertiary/aromatic N) is 1. The summed E-state index contributed by atoms with van der Waals surface area (Å²) in [5.74, 6) is 0. The lowest BCUT2D eigenvalue weighted by Crippen LogP contribution is -1.93. The van der Waals surface area contributed by atoms with Gasteiger partial charge in [0.15, 0.2) is 0 Å².